The average molecular weight is 340 g/mol. The van der Waals surface area contributed by atoms with Gasteiger partial charge in [-0.05, 0) is 37.3 Å². The number of anilines is 1. The van der Waals surface area contributed by atoms with Gasteiger partial charge in [0.1, 0.15) is 11.5 Å². The normalized spacial score (nSPS) is 14.7. The highest BCUT2D eigenvalue weighted by Gasteiger charge is 2.21. The molecule has 0 aliphatic carbocycles. The van der Waals surface area contributed by atoms with Crippen LogP contribution in [-0.4, -0.2) is 43.0 Å². The number of para-hydroxylation sites is 1. The van der Waals surface area contributed by atoms with Crippen LogP contribution in [0.2, 0.25) is 0 Å². The van der Waals surface area contributed by atoms with Crippen LogP contribution in [0.4, 0.5) is 5.69 Å². The van der Waals surface area contributed by atoms with Crippen LogP contribution in [0.15, 0.2) is 46.9 Å². The summed E-state index contributed by atoms with van der Waals surface area (Å²) in [5.74, 6) is 0.952. The van der Waals surface area contributed by atoms with E-state index in [0.29, 0.717) is 43.3 Å². The Bertz CT molecular complexity index is 788. The molecule has 2 heterocycles. The van der Waals surface area contributed by atoms with Crippen molar-refractivity contribution < 1.29 is 18.7 Å². The van der Waals surface area contributed by atoms with Crippen molar-refractivity contribution in [2.24, 2.45) is 0 Å². The molecule has 0 radical (unpaired) electrons. The van der Waals surface area contributed by atoms with Gasteiger partial charge in [-0.2, -0.15) is 0 Å². The van der Waals surface area contributed by atoms with Gasteiger partial charge in [-0.3, -0.25) is 9.59 Å². The Morgan fingerprint density at radius 1 is 1.12 bits per heavy atom. The summed E-state index contributed by atoms with van der Waals surface area (Å²) in [6.07, 6.45) is 2.98. The van der Waals surface area contributed by atoms with Crippen LogP contribution < -0.4 is 5.32 Å². The van der Waals surface area contributed by atoms with E-state index in [1.807, 2.05) is 13.0 Å². The number of ether oxygens (including phenoxy) is 1. The van der Waals surface area contributed by atoms with Crippen LogP contribution in [0, 0.1) is 6.92 Å². The fourth-order valence-electron chi connectivity index (χ4n) is 2.59. The van der Waals surface area contributed by atoms with Crippen molar-refractivity contribution in [1.29, 1.82) is 0 Å². The number of carbonyl (C=O) groups excluding carboxylic acids is 2. The molecule has 130 valence electrons. The number of nitrogens with one attached hydrogen (secondary N) is 1. The maximum atomic E-state index is 12.7. The Labute approximate surface area is 146 Å². The average Bonchev–Trinajstić information content (AvgIpc) is 3.06. The molecule has 0 spiro atoms. The number of furan rings is 1. The highest BCUT2D eigenvalue weighted by molar-refractivity contribution is 6.07. The van der Waals surface area contributed by atoms with Gasteiger partial charge in [0.25, 0.3) is 5.91 Å². The van der Waals surface area contributed by atoms with Crippen molar-refractivity contribution in [3.8, 4) is 0 Å². The summed E-state index contributed by atoms with van der Waals surface area (Å²) in [5.41, 5.74) is 0.962. The predicted octanol–water partition coefficient (Wildman–Crippen LogP) is 2.71. The Morgan fingerprint density at radius 2 is 1.88 bits per heavy atom. The first-order valence-electron chi connectivity index (χ1n) is 8.15. The lowest BCUT2D eigenvalue weighted by molar-refractivity contribution is -0.111. The number of rotatable bonds is 4. The van der Waals surface area contributed by atoms with Crippen LogP contribution in [0.5, 0.6) is 0 Å². The number of hydrogen-bond acceptors (Lipinski definition) is 4. The van der Waals surface area contributed by atoms with Gasteiger partial charge in [-0.1, -0.05) is 12.1 Å². The third-order valence-corrected chi connectivity index (χ3v) is 3.87. The Hall–Kier alpha value is -2.86. The lowest BCUT2D eigenvalue weighted by Gasteiger charge is -2.27. The topological polar surface area (TPSA) is 71.8 Å². The van der Waals surface area contributed by atoms with E-state index in [0.717, 1.165) is 5.76 Å². The van der Waals surface area contributed by atoms with Gasteiger partial charge in [0.15, 0.2) is 0 Å². The summed E-state index contributed by atoms with van der Waals surface area (Å²) < 4.78 is 10.7. The van der Waals surface area contributed by atoms with Crippen LogP contribution in [0.3, 0.4) is 0 Å². The van der Waals surface area contributed by atoms with Gasteiger partial charge in [0.05, 0.1) is 24.5 Å². The van der Waals surface area contributed by atoms with Gasteiger partial charge < -0.3 is 19.4 Å². The molecule has 1 aliphatic rings. The van der Waals surface area contributed by atoms with E-state index >= 15 is 0 Å². The first kappa shape index (κ1) is 17.0. The number of benzene rings is 1. The molecule has 1 aliphatic heterocycles. The number of hydrogen-bond donors (Lipinski definition) is 1. The van der Waals surface area contributed by atoms with E-state index in [1.54, 1.807) is 41.3 Å². The summed E-state index contributed by atoms with van der Waals surface area (Å²) in [6.45, 7) is 4.01. The zero-order chi connectivity index (χ0) is 17.6. The molecule has 1 N–H and O–H groups in total. The smallest absolute Gasteiger partial charge is 0.256 e. The fourth-order valence-corrected chi connectivity index (χ4v) is 2.59. The third kappa shape index (κ3) is 4.36. The largest absolute Gasteiger partial charge is 0.462 e. The monoisotopic (exact) mass is 340 g/mol. The molecule has 0 saturated carbocycles. The van der Waals surface area contributed by atoms with Crippen LogP contribution in [0.25, 0.3) is 6.08 Å². The van der Waals surface area contributed by atoms with E-state index in [-0.39, 0.29) is 11.8 Å². The fraction of sp³-hybridized carbons (Fsp3) is 0.263. The van der Waals surface area contributed by atoms with Gasteiger partial charge in [0, 0.05) is 19.2 Å². The standard InChI is InChI=1S/C19H20N2O4/c1-14-6-7-15(25-14)8-9-18(22)20-17-5-3-2-4-16(17)19(23)21-10-12-24-13-11-21/h2-9H,10-13H2,1H3,(H,20,22)/b9-8+. The zero-order valence-corrected chi connectivity index (χ0v) is 14.0. The Balaban J connectivity index is 1.70. The summed E-state index contributed by atoms with van der Waals surface area (Å²) in [6, 6.07) is 10.6. The van der Waals surface area contributed by atoms with Crippen LogP contribution >= 0.6 is 0 Å². The van der Waals surface area contributed by atoms with E-state index < -0.39 is 0 Å². The molecule has 1 aromatic heterocycles. The predicted molar refractivity (Wildman–Crippen MR) is 94.3 cm³/mol. The Morgan fingerprint density at radius 3 is 2.60 bits per heavy atom. The summed E-state index contributed by atoms with van der Waals surface area (Å²) in [7, 11) is 0. The number of aryl methyl sites for hydroxylation is 1. The SMILES string of the molecule is Cc1ccc(/C=C/C(=O)Nc2ccccc2C(=O)N2CCOCC2)o1. The molecule has 0 atom stereocenters. The zero-order valence-electron chi connectivity index (χ0n) is 14.0. The molecule has 25 heavy (non-hydrogen) atoms. The van der Waals surface area contributed by atoms with E-state index in [9.17, 15) is 9.59 Å². The minimum atomic E-state index is -0.323. The summed E-state index contributed by atoms with van der Waals surface area (Å²) in [5, 5.41) is 2.76. The first-order valence-corrected chi connectivity index (χ1v) is 8.15. The minimum Gasteiger partial charge on any atom is -0.462 e. The molecular weight excluding hydrogens is 320 g/mol. The van der Waals surface area contributed by atoms with Gasteiger partial charge in [-0.15, -0.1) is 0 Å². The van der Waals surface area contributed by atoms with Crippen molar-refractivity contribution in [3.05, 3.63) is 59.6 Å². The third-order valence-electron chi connectivity index (χ3n) is 3.87. The van der Waals surface area contributed by atoms with E-state index in [4.69, 9.17) is 9.15 Å². The van der Waals surface area contributed by atoms with Crippen molar-refractivity contribution in [3.63, 3.8) is 0 Å². The molecule has 0 bridgehead atoms. The van der Waals surface area contributed by atoms with Crippen molar-refractivity contribution in [1.82, 2.24) is 4.90 Å². The van der Waals surface area contributed by atoms with Crippen LogP contribution in [0.1, 0.15) is 21.9 Å². The molecule has 6 heteroatoms. The number of amides is 2. The van der Waals surface area contributed by atoms with E-state index in [1.165, 1.54) is 6.08 Å². The second-order valence-corrected chi connectivity index (χ2v) is 5.72. The summed E-state index contributed by atoms with van der Waals surface area (Å²) >= 11 is 0. The lowest BCUT2D eigenvalue weighted by atomic mass is 10.1. The second-order valence-electron chi connectivity index (χ2n) is 5.72. The van der Waals surface area contributed by atoms with Crippen molar-refractivity contribution in [2.45, 2.75) is 6.92 Å². The van der Waals surface area contributed by atoms with Gasteiger partial charge in [-0.25, -0.2) is 0 Å². The molecule has 1 saturated heterocycles. The molecule has 2 aromatic rings. The molecule has 1 fully saturated rings. The number of morpholine rings is 1. The second kappa shape index (κ2) is 7.81. The molecular formula is C19H20N2O4. The number of nitrogens with zero attached hydrogens (tertiary/aromatic N) is 1. The molecule has 1 aromatic carbocycles. The maximum absolute atomic E-state index is 12.7. The molecule has 6 nitrogen and oxygen atoms in total. The van der Waals surface area contributed by atoms with Crippen LogP contribution in [-0.2, 0) is 9.53 Å². The van der Waals surface area contributed by atoms with Gasteiger partial charge >= 0.3 is 0 Å². The van der Waals surface area contributed by atoms with E-state index in [2.05, 4.69) is 5.32 Å². The highest BCUT2D eigenvalue weighted by atomic mass is 16.5. The Kier molecular flexibility index (Phi) is 5.30. The van der Waals surface area contributed by atoms with Crippen molar-refractivity contribution in [2.75, 3.05) is 31.6 Å². The highest BCUT2D eigenvalue weighted by Crippen LogP contribution is 2.18. The number of carbonyl (C=O) groups is 2. The quantitative estimate of drug-likeness (QED) is 0.869. The van der Waals surface area contributed by atoms with Crippen molar-refractivity contribution >= 4 is 23.6 Å². The summed E-state index contributed by atoms with van der Waals surface area (Å²) in [4.78, 5) is 26.6. The molecule has 0 unspecified atom stereocenters. The molecule has 2 amide bonds. The maximum Gasteiger partial charge on any atom is 0.256 e. The first-order chi connectivity index (χ1) is 12.1. The molecule has 3 rings (SSSR count). The lowest BCUT2D eigenvalue weighted by Crippen LogP contribution is -2.41. The minimum absolute atomic E-state index is 0.107. The van der Waals surface area contributed by atoms with Gasteiger partial charge in [0.2, 0.25) is 5.91 Å².